The van der Waals surface area contributed by atoms with Gasteiger partial charge in [0.25, 0.3) is 0 Å². The molecule has 0 radical (unpaired) electrons. The van der Waals surface area contributed by atoms with E-state index in [4.69, 9.17) is 5.11 Å². The van der Waals surface area contributed by atoms with Gasteiger partial charge in [-0.15, -0.1) is 0 Å². The summed E-state index contributed by atoms with van der Waals surface area (Å²) in [6.07, 6.45) is 0. The fourth-order valence-corrected chi connectivity index (χ4v) is 1.48. The molecular weight excluding hydrogens is 262 g/mol. The van der Waals surface area contributed by atoms with Crippen LogP contribution in [0.5, 0.6) is 0 Å². The summed E-state index contributed by atoms with van der Waals surface area (Å²) < 4.78 is 0. The molecule has 20 heavy (non-hydrogen) atoms. The zero-order chi connectivity index (χ0) is 15.1. The van der Waals surface area contributed by atoms with Crippen molar-refractivity contribution in [1.82, 2.24) is 10.6 Å². The molecule has 1 aromatic rings. The second-order valence-corrected chi connectivity index (χ2v) is 4.10. The predicted octanol–water partition coefficient (Wildman–Crippen LogP) is 0.951. The molecule has 0 saturated carbocycles. The van der Waals surface area contributed by atoms with Gasteiger partial charge in [0, 0.05) is 12.2 Å². The number of hydrogen-bond acceptors (Lipinski definition) is 3. The number of carbonyl (C=O) groups is 3. The molecule has 1 rings (SSSR count). The third-order valence-electron chi connectivity index (χ3n) is 2.52. The van der Waals surface area contributed by atoms with Crippen LogP contribution in [-0.4, -0.2) is 36.1 Å². The minimum absolute atomic E-state index is 0.0784. The van der Waals surface area contributed by atoms with Crippen LogP contribution in [0.2, 0.25) is 0 Å². The molecule has 0 bridgehead atoms. The molecular formula is C13H17N3O4. The Morgan fingerprint density at radius 1 is 1.20 bits per heavy atom. The topological polar surface area (TPSA) is 108 Å². The summed E-state index contributed by atoms with van der Waals surface area (Å²) in [6, 6.07) is 3.85. The highest BCUT2D eigenvalue weighted by Crippen LogP contribution is 2.16. The average Bonchev–Trinajstić information content (AvgIpc) is 2.39. The van der Waals surface area contributed by atoms with Crippen LogP contribution in [0.15, 0.2) is 18.2 Å². The van der Waals surface area contributed by atoms with Crippen molar-refractivity contribution >= 4 is 23.6 Å². The molecule has 0 saturated heterocycles. The van der Waals surface area contributed by atoms with Gasteiger partial charge < -0.3 is 21.1 Å². The standard InChI is InChI=1S/C13H17N3O4/c1-3-14-11(17)7-15-13(20)16-10-6-9(12(18)19)5-4-8(10)2/h4-6H,3,7H2,1-2H3,(H,14,17)(H,18,19)(H2,15,16,20). The molecule has 0 unspecified atom stereocenters. The van der Waals surface area contributed by atoms with Crippen LogP contribution in [0.4, 0.5) is 10.5 Å². The second kappa shape index (κ2) is 7.13. The van der Waals surface area contributed by atoms with E-state index in [1.807, 2.05) is 0 Å². The van der Waals surface area contributed by atoms with Gasteiger partial charge in [-0.1, -0.05) is 6.07 Å². The Labute approximate surface area is 116 Å². The average molecular weight is 279 g/mol. The van der Waals surface area contributed by atoms with Gasteiger partial charge in [0.2, 0.25) is 5.91 Å². The normalized spacial score (nSPS) is 9.70. The smallest absolute Gasteiger partial charge is 0.335 e. The molecule has 0 aliphatic rings. The predicted molar refractivity (Wildman–Crippen MR) is 73.8 cm³/mol. The van der Waals surface area contributed by atoms with Crippen LogP contribution in [0, 0.1) is 6.92 Å². The van der Waals surface area contributed by atoms with Crippen molar-refractivity contribution in [2.24, 2.45) is 0 Å². The van der Waals surface area contributed by atoms with Gasteiger partial charge in [-0.25, -0.2) is 9.59 Å². The summed E-state index contributed by atoms with van der Waals surface area (Å²) in [5, 5.41) is 16.3. The van der Waals surface area contributed by atoms with Crippen LogP contribution in [0.1, 0.15) is 22.8 Å². The number of benzene rings is 1. The first-order valence-electron chi connectivity index (χ1n) is 6.09. The highest BCUT2D eigenvalue weighted by molar-refractivity contribution is 5.95. The molecule has 0 atom stereocenters. The number of carboxylic acid groups (broad SMARTS) is 1. The first-order valence-corrected chi connectivity index (χ1v) is 6.09. The molecule has 0 spiro atoms. The van der Waals surface area contributed by atoms with E-state index >= 15 is 0 Å². The summed E-state index contributed by atoms with van der Waals surface area (Å²) in [6.45, 7) is 3.86. The zero-order valence-electron chi connectivity index (χ0n) is 11.3. The molecule has 0 aliphatic heterocycles. The van der Waals surface area contributed by atoms with Gasteiger partial charge in [-0.05, 0) is 31.5 Å². The summed E-state index contributed by atoms with van der Waals surface area (Å²) in [5.74, 6) is -1.37. The lowest BCUT2D eigenvalue weighted by Crippen LogP contribution is -2.38. The fourth-order valence-electron chi connectivity index (χ4n) is 1.48. The van der Waals surface area contributed by atoms with E-state index in [9.17, 15) is 14.4 Å². The van der Waals surface area contributed by atoms with Crippen molar-refractivity contribution in [2.75, 3.05) is 18.4 Å². The Bertz CT molecular complexity index is 528. The van der Waals surface area contributed by atoms with Crippen molar-refractivity contribution in [1.29, 1.82) is 0 Å². The Kier molecular flexibility index (Phi) is 5.52. The molecule has 7 heteroatoms. The summed E-state index contributed by atoms with van der Waals surface area (Å²) in [5.41, 5.74) is 1.19. The molecule has 1 aromatic carbocycles. The lowest BCUT2D eigenvalue weighted by molar-refractivity contribution is -0.119. The number of hydrogen-bond donors (Lipinski definition) is 4. The van der Waals surface area contributed by atoms with E-state index in [2.05, 4.69) is 16.0 Å². The number of carboxylic acids is 1. The van der Waals surface area contributed by atoms with E-state index in [0.29, 0.717) is 12.2 Å². The van der Waals surface area contributed by atoms with Crippen molar-refractivity contribution in [3.63, 3.8) is 0 Å². The van der Waals surface area contributed by atoms with Gasteiger partial charge in [0.15, 0.2) is 0 Å². The van der Waals surface area contributed by atoms with Crippen molar-refractivity contribution in [3.8, 4) is 0 Å². The molecule has 0 aromatic heterocycles. The summed E-state index contributed by atoms with van der Waals surface area (Å²) >= 11 is 0. The number of nitrogens with one attached hydrogen (secondary N) is 3. The van der Waals surface area contributed by atoms with Gasteiger partial charge in [0.1, 0.15) is 0 Å². The quantitative estimate of drug-likeness (QED) is 0.643. The van der Waals surface area contributed by atoms with Crippen LogP contribution in [0.3, 0.4) is 0 Å². The highest BCUT2D eigenvalue weighted by Gasteiger charge is 2.09. The third kappa shape index (κ3) is 4.60. The van der Waals surface area contributed by atoms with Crippen molar-refractivity contribution in [2.45, 2.75) is 13.8 Å². The number of urea groups is 1. The van der Waals surface area contributed by atoms with E-state index in [-0.39, 0.29) is 18.0 Å². The number of likely N-dealkylation sites (N-methyl/N-ethyl adjacent to an activating group) is 1. The number of aromatic carboxylic acids is 1. The Morgan fingerprint density at radius 3 is 2.50 bits per heavy atom. The molecule has 108 valence electrons. The SMILES string of the molecule is CCNC(=O)CNC(=O)Nc1cc(C(=O)O)ccc1C. The maximum Gasteiger partial charge on any atom is 0.335 e. The van der Waals surface area contributed by atoms with E-state index in [1.165, 1.54) is 12.1 Å². The minimum Gasteiger partial charge on any atom is -0.478 e. The van der Waals surface area contributed by atoms with Gasteiger partial charge >= 0.3 is 12.0 Å². The molecule has 0 aliphatic carbocycles. The summed E-state index contributed by atoms with van der Waals surface area (Å²) in [7, 11) is 0. The lowest BCUT2D eigenvalue weighted by Gasteiger charge is -2.10. The number of amides is 3. The molecule has 0 fully saturated rings. The zero-order valence-corrected chi connectivity index (χ0v) is 11.3. The minimum atomic E-state index is -1.07. The van der Waals surface area contributed by atoms with Crippen molar-refractivity contribution in [3.05, 3.63) is 29.3 Å². The molecule has 4 N–H and O–H groups in total. The van der Waals surface area contributed by atoms with Crippen LogP contribution < -0.4 is 16.0 Å². The Balaban J connectivity index is 2.63. The number of carbonyl (C=O) groups excluding carboxylic acids is 2. The van der Waals surface area contributed by atoms with E-state index in [0.717, 1.165) is 5.56 Å². The van der Waals surface area contributed by atoms with Crippen LogP contribution in [0.25, 0.3) is 0 Å². The van der Waals surface area contributed by atoms with Gasteiger partial charge in [-0.3, -0.25) is 4.79 Å². The molecule has 7 nitrogen and oxygen atoms in total. The van der Waals surface area contributed by atoms with Crippen molar-refractivity contribution < 1.29 is 19.5 Å². The van der Waals surface area contributed by atoms with Gasteiger partial charge in [0.05, 0.1) is 12.1 Å². The molecule has 0 heterocycles. The molecule has 3 amide bonds. The second-order valence-electron chi connectivity index (χ2n) is 4.10. The first kappa shape index (κ1) is 15.5. The van der Waals surface area contributed by atoms with Crippen LogP contribution in [-0.2, 0) is 4.79 Å². The number of anilines is 1. The third-order valence-corrected chi connectivity index (χ3v) is 2.52. The maximum atomic E-state index is 11.6. The summed E-state index contributed by atoms with van der Waals surface area (Å²) in [4.78, 5) is 33.6. The Morgan fingerprint density at radius 2 is 1.90 bits per heavy atom. The first-order chi connectivity index (χ1) is 9.43. The fraction of sp³-hybridized carbons (Fsp3) is 0.308. The largest absolute Gasteiger partial charge is 0.478 e. The van der Waals surface area contributed by atoms with Gasteiger partial charge in [-0.2, -0.15) is 0 Å². The number of rotatable bonds is 5. The number of aryl methyl sites for hydroxylation is 1. The van der Waals surface area contributed by atoms with E-state index in [1.54, 1.807) is 19.9 Å². The monoisotopic (exact) mass is 279 g/mol. The lowest BCUT2D eigenvalue weighted by atomic mass is 10.1. The van der Waals surface area contributed by atoms with E-state index < -0.39 is 12.0 Å². The highest BCUT2D eigenvalue weighted by atomic mass is 16.4. The maximum absolute atomic E-state index is 11.6. The Hall–Kier alpha value is -2.57. The van der Waals surface area contributed by atoms with Crippen LogP contribution >= 0.6 is 0 Å².